The first kappa shape index (κ1) is 11.7. The molecule has 4 N–H and O–H groups in total. The third-order valence-corrected chi connectivity index (χ3v) is 1.99. The lowest BCUT2D eigenvalue weighted by atomic mass is 10.2. The maximum atomic E-state index is 10.4. The van der Waals surface area contributed by atoms with Gasteiger partial charge in [0.15, 0.2) is 0 Å². The number of primary amides is 1. The lowest BCUT2D eigenvalue weighted by Crippen LogP contribution is -2.32. The minimum Gasteiger partial charge on any atom is -0.370 e. The summed E-state index contributed by atoms with van der Waals surface area (Å²) in [5.41, 5.74) is 12.3. The summed E-state index contributed by atoms with van der Waals surface area (Å²) in [6.45, 7) is 1.52. The first-order valence-corrected chi connectivity index (χ1v) is 5.07. The molecular formula is C11H17N3O. The molecule has 0 aliphatic heterocycles. The number of hydrazine groups is 1. The third kappa shape index (κ3) is 5.83. The second kappa shape index (κ2) is 6.98. The Bertz CT molecular complexity index is 287. The molecule has 0 bridgehead atoms. The maximum Gasteiger partial charge on any atom is 0.217 e. The molecule has 15 heavy (non-hydrogen) atoms. The fourth-order valence-corrected chi connectivity index (χ4v) is 1.20. The molecule has 4 nitrogen and oxygen atoms in total. The minimum absolute atomic E-state index is 0.250. The van der Waals surface area contributed by atoms with Gasteiger partial charge in [-0.2, -0.15) is 0 Å². The van der Waals surface area contributed by atoms with Gasteiger partial charge in [-0.1, -0.05) is 30.3 Å². The molecule has 82 valence electrons. The molecule has 1 aromatic carbocycles. The molecular weight excluding hydrogens is 190 g/mol. The molecule has 1 amide bonds. The van der Waals surface area contributed by atoms with E-state index < -0.39 is 0 Å². The number of hydrogen-bond donors (Lipinski definition) is 3. The third-order valence-electron chi connectivity index (χ3n) is 1.99. The summed E-state index contributed by atoms with van der Waals surface area (Å²) in [4.78, 5) is 10.4. The molecule has 0 unspecified atom stereocenters. The van der Waals surface area contributed by atoms with E-state index >= 15 is 0 Å². The van der Waals surface area contributed by atoms with Crippen molar-refractivity contribution in [3.8, 4) is 0 Å². The van der Waals surface area contributed by atoms with Crippen LogP contribution in [0.15, 0.2) is 30.3 Å². The molecule has 4 heteroatoms. The van der Waals surface area contributed by atoms with Crippen molar-refractivity contribution in [2.45, 2.75) is 19.4 Å². The zero-order chi connectivity index (χ0) is 10.9. The van der Waals surface area contributed by atoms with Crippen molar-refractivity contribution in [2.75, 3.05) is 6.54 Å². The number of carbonyl (C=O) groups excluding carboxylic acids is 1. The van der Waals surface area contributed by atoms with Crippen LogP contribution in [0.4, 0.5) is 0 Å². The van der Waals surface area contributed by atoms with Gasteiger partial charge in [0, 0.05) is 19.5 Å². The molecule has 0 aromatic heterocycles. The Hall–Kier alpha value is -1.39. The molecule has 1 rings (SSSR count). The Balaban J connectivity index is 2.00. The van der Waals surface area contributed by atoms with E-state index in [0.717, 1.165) is 19.5 Å². The molecule has 0 aliphatic carbocycles. The van der Waals surface area contributed by atoms with Gasteiger partial charge in [0.05, 0.1) is 0 Å². The Morgan fingerprint density at radius 1 is 1.20 bits per heavy atom. The second-order valence-electron chi connectivity index (χ2n) is 3.34. The molecule has 0 aliphatic rings. The van der Waals surface area contributed by atoms with E-state index in [1.54, 1.807) is 0 Å². The monoisotopic (exact) mass is 207 g/mol. The van der Waals surface area contributed by atoms with Gasteiger partial charge in [0.25, 0.3) is 0 Å². The van der Waals surface area contributed by atoms with E-state index in [1.807, 2.05) is 18.2 Å². The fourth-order valence-electron chi connectivity index (χ4n) is 1.20. The highest BCUT2D eigenvalue weighted by Gasteiger charge is 1.93. The van der Waals surface area contributed by atoms with Gasteiger partial charge in [0.2, 0.25) is 5.91 Å². The van der Waals surface area contributed by atoms with Gasteiger partial charge < -0.3 is 5.73 Å². The van der Waals surface area contributed by atoms with Crippen molar-refractivity contribution < 1.29 is 4.79 Å². The highest BCUT2D eigenvalue weighted by atomic mass is 16.1. The lowest BCUT2D eigenvalue weighted by molar-refractivity contribution is -0.118. The average Bonchev–Trinajstić information content (AvgIpc) is 2.24. The average molecular weight is 207 g/mol. The van der Waals surface area contributed by atoms with Gasteiger partial charge in [-0.25, -0.2) is 0 Å². The first-order chi connectivity index (χ1) is 7.29. The molecule has 0 radical (unpaired) electrons. The highest BCUT2D eigenvalue weighted by Crippen LogP contribution is 1.96. The van der Waals surface area contributed by atoms with Crippen LogP contribution in [0.2, 0.25) is 0 Å². The van der Waals surface area contributed by atoms with Crippen molar-refractivity contribution in [2.24, 2.45) is 5.73 Å². The van der Waals surface area contributed by atoms with E-state index in [-0.39, 0.29) is 5.91 Å². The van der Waals surface area contributed by atoms with Crippen LogP contribution < -0.4 is 16.6 Å². The van der Waals surface area contributed by atoms with Crippen molar-refractivity contribution in [3.05, 3.63) is 35.9 Å². The molecule has 0 saturated heterocycles. The van der Waals surface area contributed by atoms with Crippen molar-refractivity contribution >= 4 is 5.91 Å². The Morgan fingerprint density at radius 2 is 1.93 bits per heavy atom. The Morgan fingerprint density at radius 3 is 2.60 bits per heavy atom. The van der Waals surface area contributed by atoms with Crippen LogP contribution in [-0.4, -0.2) is 12.5 Å². The standard InChI is InChI=1S/C11H17N3O/c12-11(15)7-4-8-13-14-9-10-5-2-1-3-6-10/h1-3,5-6,13-14H,4,7-9H2,(H2,12,15). The zero-order valence-corrected chi connectivity index (χ0v) is 8.70. The summed E-state index contributed by atoms with van der Waals surface area (Å²) in [5, 5.41) is 0. The van der Waals surface area contributed by atoms with Crippen molar-refractivity contribution in [1.82, 2.24) is 10.9 Å². The summed E-state index contributed by atoms with van der Waals surface area (Å²) in [6, 6.07) is 10.1. The number of nitrogens with one attached hydrogen (secondary N) is 2. The number of carbonyl (C=O) groups is 1. The van der Waals surface area contributed by atoms with Gasteiger partial charge in [-0.15, -0.1) is 0 Å². The van der Waals surface area contributed by atoms with E-state index in [1.165, 1.54) is 5.56 Å². The minimum atomic E-state index is -0.250. The van der Waals surface area contributed by atoms with E-state index in [2.05, 4.69) is 23.0 Å². The maximum absolute atomic E-state index is 10.4. The number of benzene rings is 1. The zero-order valence-electron chi connectivity index (χ0n) is 8.70. The lowest BCUT2D eigenvalue weighted by Gasteiger charge is -2.06. The predicted molar refractivity (Wildman–Crippen MR) is 59.7 cm³/mol. The van der Waals surface area contributed by atoms with Crippen LogP contribution in [0.25, 0.3) is 0 Å². The largest absolute Gasteiger partial charge is 0.370 e. The number of nitrogens with two attached hydrogens (primary N) is 1. The van der Waals surface area contributed by atoms with Crippen molar-refractivity contribution in [3.63, 3.8) is 0 Å². The van der Waals surface area contributed by atoms with Gasteiger partial charge >= 0.3 is 0 Å². The second-order valence-corrected chi connectivity index (χ2v) is 3.34. The summed E-state index contributed by atoms with van der Waals surface area (Å²) >= 11 is 0. The quantitative estimate of drug-likeness (QED) is 0.452. The summed E-state index contributed by atoms with van der Waals surface area (Å²) < 4.78 is 0. The van der Waals surface area contributed by atoms with Crippen LogP contribution in [0, 0.1) is 0 Å². The van der Waals surface area contributed by atoms with Gasteiger partial charge in [-0.3, -0.25) is 15.6 Å². The van der Waals surface area contributed by atoms with Gasteiger partial charge in [0.1, 0.15) is 0 Å². The molecule has 0 heterocycles. The van der Waals surface area contributed by atoms with Crippen LogP contribution in [0.3, 0.4) is 0 Å². The summed E-state index contributed by atoms with van der Waals surface area (Å²) in [6.07, 6.45) is 1.19. The number of rotatable bonds is 7. The van der Waals surface area contributed by atoms with E-state index in [4.69, 9.17) is 5.73 Å². The molecule has 0 saturated carbocycles. The fraction of sp³-hybridized carbons (Fsp3) is 0.364. The number of amides is 1. The van der Waals surface area contributed by atoms with Crippen LogP contribution in [0.5, 0.6) is 0 Å². The first-order valence-electron chi connectivity index (χ1n) is 5.07. The summed E-state index contributed by atoms with van der Waals surface area (Å²) in [5.74, 6) is -0.250. The van der Waals surface area contributed by atoms with Crippen molar-refractivity contribution in [1.29, 1.82) is 0 Å². The molecule has 0 atom stereocenters. The molecule has 1 aromatic rings. The highest BCUT2D eigenvalue weighted by molar-refractivity contribution is 5.73. The SMILES string of the molecule is NC(=O)CCCNNCc1ccccc1. The smallest absolute Gasteiger partial charge is 0.217 e. The Labute approximate surface area is 89.8 Å². The predicted octanol–water partition coefficient (Wildman–Crippen LogP) is 0.546. The van der Waals surface area contributed by atoms with Gasteiger partial charge in [-0.05, 0) is 12.0 Å². The van der Waals surface area contributed by atoms with Crippen LogP contribution in [0.1, 0.15) is 18.4 Å². The molecule has 0 fully saturated rings. The molecule has 0 spiro atoms. The van der Waals surface area contributed by atoms with E-state index in [9.17, 15) is 4.79 Å². The van der Waals surface area contributed by atoms with Crippen LogP contribution >= 0.6 is 0 Å². The normalized spacial score (nSPS) is 10.1. The van der Waals surface area contributed by atoms with E-state index in [0.29, 0.717) is 6.42 Å². The topological polar surface area (TPSA) is 67.2 Å². The number of hydrogen-bond acceptors (Lipinski definition) is 3. The van der Waals surface area contributed by atoms with Crippen LogP contribution in [-0.2, 0) is 11.3 Å². The summed E-state index contributed by atoms with van der Waals surface area (Å²) in [7, 11) is 0. The Kier molecular flexibility index (Phi) is 5.43.